The lowest BCUT2D eigenvalue weighted by atomic mass is 10.2. The van der Waals surface area contributed by atoms with E-state index in [4.69, 9.17) is 5.73 Å². The van der Waals surface area contributed by atoms with Gasteiger partial charge in [0.05, 0.1) is 18.8 Å². The lowest BCUT2D eigenvalue weighted by Gasteiger charge is -2.23. The SMILES string of the molecule is Cc1cc(C)n(CC2CCCN2CC(N)=O)n1. The van der Waals surface area contributed by atoms with Gasteiger partial charge < -0.3 is 5.73 Å². The number of hydrogen-bond acceptors (Lipinski definition) is 3. The van der Waals surface area contributed by atoms with E-state index in [1.165, 1.54) is 5.69 Å². The first-order valence-electron chi connectivity index (χ1n) is 6.09. The third-order valence-corrected chi connectivity index (χ3v) is 3.35. The van der Waals surface area contributed by atoms with E-state index in [2.05, 4.69) is 23.0 Å². The van der Waals surface area contributed by atoms with Crippen LogP contribution in [-0.4, -0.2) is 39.7 Å². The first-order valence-corrected chi connectivity index (χ1v) is 6.09. The van der Waals surface area contributed by atoms with E-state index < -0.39 is 0 Å². The molecule has 1 fully saturated rings. The first kappa shape index (κ1) is 12.1. The first-order chi connectivity index (χ1) is 8.06. The number of nitrogens with two attached hydrogens (primary N) is 1. The van der Waals surface area contributed by atoms with Crippen molar-refractivity contribution in [3.63, 3.8) is 0 Å². The van der Waals surface area contributed by atoms with Gasteiger partial charge in [0.25, 0.3) is 0 Å². The molecule has 5 nitrogen and oxygen atoms in total. The molecule has 1 aromatic heterocycles. The van der Waals surface area contributed by atoms with Crippen LogP contribution in [0.15, 0.2) is 6.07 Å². The van der Waals surface area contributed by atoms with Crippen molar-refractivity contribution < 1.29 is 4.79 Å². The van der Waals surface area contributed by atoms with E-state index in [1.807, 2.05) is 11.6 Å². The Kier molecular flexibility index (Phi) is 3.47. The zero-order valence-electron chi connectivity index (χ0n) is 10.5. The number of aryl methyl sites for hydroxylation is 2. The Morgan fingerprint density at radius 2 is 2.35 bits per heavy atom. The summed E-state index contributed by atoms with van der Waals surface area (Å²) in [5.41, 5.74) is 7.48. The molecule has 0 spiro atoms. The molecule has 1 unspecified atom stereocenters. The van der Waals surface area contributed by atoms with Gasteiger partial charge in [0.1, 0.15) is 0 Å². The van der Waals surface area contributed by atoms with Gasteiger partial charge in [0, 0.05) is 11.7 Å². The number of carbonyl (C=O) groups is 1. The summed E-state index contributed by atoms with van der Waals surface area (Å²) in [6.45, 7) is 6.25. The summed E-state index contributed by atoms with van der Waals surface area (Å²) in [6, 6.07) is 2.47. The Morgan fingerprint density at radius 3 is 2.94 bits per heavy atom. The van der Waals surface area contributed by atoms with Crippen LogP contribution >= 0.6 is 0 Å². The van der Waals surface area contributed by atoms with Crippen LogP contribution < -0.4 is 5.73 Å². The molecule has 0 aromatic carbocycles. The van der Waals surface area contributed by atoms with Gasteiger partial charge >= 0.3 is 0 Å². The number of rotatable bonds is 4. The van der Waals surface area contributed by atoms with Crippen molar-refractivity contribution in [2.45, 2.75) is 39.3 Å². The Balaban J connectivity index is 2.02. The standard InChI is InChI=1S/C12H20N4O/c1-9-6-10(2)16(14-9)7-11-4-3-5-15(11)8-12(13)17/h6,11H,3-5,7-8H2,1-2H3,(H2,13,17). The average molecular weight is 236 g/mol. The second kappa shape index (κ2) is 4.87. The number of hydrogen-bond donors (Lipinski definition) is 1. The Hall–Kier alpha value is -1.36. The molecule has 0 radical (unpaired) electrons. The summed E-state index contributed by atoms with van der Waals surface area (Å²) in [5, 5.41) is 4.46. The normalized spacial score (nSPS) is 20.9. The fourth-order valence-corrected chi connectivity index (χ4v) is 2.57. The molecule has 1 aliphatic rings. The maximum absolute atomic E-state index is 11.0. The molecule has 2 rings (SSSR count). The minimum Gasteiger partial charge on any atom is -0.369 e. The number of aromatic nitrogens is 2. The van der Waals surface area contributed by atoms with Crippen LogP contribution in [0.1, 0.15) is 24.2 Å². The number of likely N-dealkylation sites (tertiary alicyclic amines) is 1. The summed E-state index contributed by atoms with van der Waals surface area (Å²) in [6.07, 6.45) is 2.25. The molecule has 94 valence electrons. The number of carbonyl (C=O) groups excluding carboxylic acids is 1. The highest BCUT2D eigenvalue weighted by Gasteiger charge is 2.26. The second-order valence-corrected chi connectivity index (χ2v) is 4.84. The Labute approximate surface area is 102 Å². The lowest BCUT2D eigenvalue weighted by molar-refractivity contribution is -0.119. The summed E-state index contributed by atoms with van der Waals surface area (Å²) in [5.74, 6) is -0.245. The van der Waals surface area contributed by atoms with E-state index in [0.29, 0.717) is 12.6 Å². The molecule has 5 heteroatoms. The molecule has 1 atom stereocenters. The van der Waals surface area contributed by atoms with Crippen molar-refractivity contribution >= 4 is 5.91 Å². The van der Waals surface area contributed by atoms with Crippen LogP contribution in [0.4, 0.5) is 0 Å². The molecule has 1 aliphatic heterocycles. The third-order valence-electron chi connectivity index (χ3n) is 3.35. The highest BCUT2D eigenvalue weighted by Crippen LogP contribution is 2.18. The maximum Gasteiger partial charge on any atom is 0.231 e. The van der Waals surface area contributed by atoms with Crippen LogP contribution in [0.5, 0.6) is 0 Å². The maximum atomic E-state index is 11.0. The highest BCUT2D eigenvalue weighted by atomic mass is 16.1. The monoisotopic (exact) mass is 236 g/mol. The molecule has 1 saturated heterocycles. The molecule has 17 heavy (non-hydrogen) atoms. The lowest BCUT2D eigenvalue weighted by Crippen LogP contribution is -2.39. The zero-order chi connectivity index (χ0) is 12.4. The summed E-state index contributed by atoms with van der Waals surface area (Å²) < 4.78 is 2.03. The van der Waals surface area contributed by atoms with Gasteiger partial charge in [-0.25, -0.2) is 0 Å². The van der Waals surface area contributed by atoms with Gasteiger partial charge in [-0.2, -0.15) is 5.10 Å². The molecular weight excluding hydrogens is 216 g/mol. The van der Waals surface area contributed by atoms with E-state index in [1.54, 1.807) is 0 Å². The quantitative estimate of drug-likeness (QED) is 0.825. The van der Waals surface area contributed by atoms with Gasteiger partial charge in [0.15, 0.2) is 0 Å². The molecule has 1 amide bonds. The summed E-state index contributed by atoms with van der Waals surface area (Å²) in [4.78, 5) is 13.1. The highest BCUT2D eigenvalue weighted by molar-refractivity contribution is 5.76. The number of primary amides is 1. The minimum atomic E-state index is -0.245. The van der Waals surface area contributed by atoms with E-state index >= 15 is 0 Å². The predicted molar refractivity (Wildman–Crippen MR) is 65.5 cm³/mol. The third kappa shape index (κ3) is 2.85. The topological polar surface area (TPSA) is 64.2 Å². The van der Waals surface area contributed by atoms with Crippen molar-refractivity contribution in [2.75, 3.05) is 13.1 Å². The molecule has 2 N–H and O–H groups in total. The van der Waals surface area contributed by atoms with Gasteiger partial charge in [-0.3, -0.25) is 14.4 Å². The van der Waals surface area contributed by atoms with E-state index in [-0.39, 0.29) is 5.91 Å². The molecule has 1 aromatic rings. The summed E-state index contributed by atoms with van der Waals surface area (Å²) >= 11 is 0. The molecule has 0 saturated carbocycles. The van der Waals surface area contributed by atoms with Crippen LogP contribution in [0.25, 0.3) is 0 Å². The minimum absolute atomic E-state index is 0.245. The van der Waals surface area contributed by atoms with Crippen molar-refractivity contribution in [1.82, 2.24) is 14.7 Å². The molecular formula is C12H20N4O. The van der Waals surface area contributed by atoms with Gasteiger partial charge in [-0.1, -0.05) is 0 Å². The van der Waals surface area contributed by atoms with E-state index in [0.717, 1.165) is 31.6 Å². The van der Waals surface area contributed by atoms with Crippen LogP contribution in [0.3, 0.4) is 0 Å². The van der Waals surface area contributed by atoms with Gasteiger partial charge in [0.2, 0.25) is 5.91 Å². The van der Waals surface area contributed by atoms with Crippen LogP contribution in [-0.2, 0) is 11.3 Å². The Bertz CT molecular complexity index is 413. The fourth-order valence-electron chi connectivity index (χ4n) is 2.57. The van der Waals surface area contributed by atoms with Gasteiger partial charge in [-0.15, -0.1) is 0 Å². The average Bonchev–Trinajstić information content (AvgIpc) is 2.75. The smallest absolute Gasteiger partial charge is 0.231 e. The van der Waals surface area contributed by atoms with Crippen LogP contribution in [0.2, 0.25) is 0 Å². The number of nitrogens with zero attached hydrogens (tertiary/aromatic N) is 3. The van der Waals surface area contributed by atoms with Gasteiger partial charge in [-0.05, 0) is 39.3 Å². The predicted octanol–water partition coefficient (Wildman–Crippen LogP) is 0.450. The summed E-state index contributed by atoms with van der Waals surface area (Å²) in [7, 11) is 0. The van der Waals surface area contributed by atoms with Crippen LogP contribution in [0, 0.1) is 13.8 Å². The molecule has 0 bridgehead atoms. The second-order valence-electron chi connectivity index (χ2n) is 4.84. The van der Waals surface area contributed by atoms with Crippen molar-refractivity contribution in [1.29, 1.82) is 0 Å². The largest absolute Gasteiger partial charge is 0.369 e. The van der Waals surface area contributed by atoms with Crippen molar-refractivity contribution in [3.05, 3.63) is 17.5 Å². The fraction of sp³-hybridized carbons (Fsp3) is 0.667. The number of amides is 1. The zero-order valence-corrected chi connectivity index (χ0v) is 10.5. The molecule has 2 heterocycles. The van der Waals surface area contributed by atoms with Crippen molar-refractivity contribution in [3.8, 4) is 0 Å². The van der Waals surface area contributed by atoms with Crippen molar-refractivity contribution in [2.24, 2.45) is 5.73 Å². The van der Waals surface area contributed by atoms with E-state index in [9.17, 15) is 4.79 Å². The Morgan fingerprint density at radius 1 is 1.59 bits per heavy atom. The molecule has 0 aliphatic carbocycles.